The van der Waals surface area contributed by atoms with Gasteiger partial charge < -0.3 is 10.6 Å². The quantitative estimate of drug-likeness (QED) is 0.850. The lowest BCUT2D eigenvalue weighted by atomic mass is 10.4. The van der Waals surface area contributed by atoms with Crippen molar-refractivity contribution in [3.63, 3.8) is 0 Å². The maximum Gasteiger partial charge on any atom is 0.224 e. The van der Waals surface area contributed by atoms with E-state index in [1.807, 2.05) is 13.1 Å². The lowest BCUT2D eigenvalue weighted by Gasteiger charge is -2.09. The lowest BCUT2D eigenvalue weighted by Crippen LogP contribution is -2.09. The zero-order chi connectivity index (χ0) is 13.7. The molecule has 0 aliphatic rings. The zero-order valence-corrected chi connectivity index (χ0v) is 11.8. The summed E-state index contributed by atoms with van der Waals surface area (Å²) >= 11 is 6.07. The van der Waals surface area contributed by atoms with Crippen LogP contribution in [0.3, 0.4) is 0 Å². The van der Waals surface area contributed by atoms with Crippen LogP contribution in [0, 0.1) is 0 Å². The minimum Gasteiger partial charge on any atom is -0.363 e. The summed E-state index contributed by atoms with van der Waals surface area (Å²) in [6, 6.07) is 1.94. The van der Waals surface area contributed by atoms with Gasteiger partial charge in [0, 0.05) is 19.8 Å². The predicted octanol–water partition coefficient (Wildman–Crippen LogP) is 2.30. The molecule has 2 rings (SSSR count). The number of rotatable bonds is 6. The van der Waals surface area contributed by atoms with Crippen molar-refractivity contribution in [1.82, 2.24) is 19.7 Å². The van der Waals surface area contributed by atoms with Crippen LogP contribution in [0.1, 0.15) is 19.0 Å². The first-order chi connectivity index (χ1) is 9.20. The van der Waals surface area contributed by atoms with Crippen LogP contribution < -0.4 is 10.6 Å². The first-order valence-electron chi connectivity index (χ1n) is 6.18. The lowest BCUT2D eigenvalue weighted by molar-refractivity contribution is 0.720. The standard InChI is InChI=1S/C12H17ClN6/c1-3-5-14-12-16-8-10(13)11(18-12)15-7-9-4-6-17-19(9)2/h4,6,8H,3,5,7H2,1-2H3,(H2,14,15,16,18). The highest BCUT2D eigenvalue weighted by Crippen LogP contribution is 2.20. The molecule has 0 unspecified atom stereocenters. The topological polar surface area (TPSA) is 67.7 Å². The monoisotopic (exact) mass is 280 g/mol. The fourth-order valence-electron chi connectivity index (χ4n) is 1.56. The number of nitrogens with one attached hydrogen (secondary N) is 2. The third-order valence-corrected chi connectivity index (χ3v) is 2.91. The van der Waals surface area contributed by atoms with Crippen molar-refractivity contribution in [3.05, 3.63) is 29.2 Å². The first-order valence-corrected chi connectivity index (χ1v) is 6.55. The molecule has 0 atom stereocenters. The maximum absolute atomic E-state index is 6.07. The molecule has 6 nitrogen and oxygen atoms in total. The van der Waals surface area contributed by atoms with E-state index in [1.165, 1.54) is 0 Å². The maximum atomic E-state index is 6.07. The molecular weight excluding hydrogens is 264 g/mol. The van der Waals surface area contributed by atoms with Gasteiger partial charge in [-0.1, -0.05) is 18.5 Å². The Hall–Kier alpha value is -1.82. The summed E-state index contributed by atoms with van der Waals surface area (Å²) in [7, 11) is 1.90. The Balaban J connectivity index is 2.04. The molecule has 0 fully saturated rings. The molecule has 0 bridgehead atoms. The molecule has 0 amide bonds. The second-order valence-corrected chi connectivity index (χ2v) is 4.52. The van der Waals surface area contributed by atoms with E-state index in [0.717, 1.165) is 18.7 Å². The van der Waals surface area contributed by atoms with Crippen molar-refractivity contribution in [1.29, 1.82) is 0 Å². The summed E-state index contributed by atoms with van der Waals surface area (Å²) < 4.78 is 1.80. The van der Waals surface area contributed by atoms with Crippen molar-refractivity contribution in [2.24, 2.45) is 7.05 Å². The van der Waals surface area contributed by atoms with Crippen LogP contribution in [0.5, 0.6) is 0 Å². The molecule has 0 aliphatic carbocycles. The largest absolute Gasteiger partial charge is 0.363 e. The van der Waals surface area contributed by atoms with Crippen molar-refractivity contribution >= 4 is 23.4 Å². The van der Waals surface area contributed by atoms with Gasteiger partial charge in [0.2, 0.25) is 5.95 Å². The van der Waals surface area contributed by atoms with E-state index in [-0.39, 0.29) is 0 Å². The molecule has 0 saturated carbocycles. The minimum absolute atomic E-state index is 0.504. The molecule has 0 radical (unpaired) electrons. The Bertz CT molecular complexity index is 539. The highest BCUT2D eigenvalue weighted by molar-refractivity contribution is 6.32. The molecule has 2 heterocycles. The second-order valence-electron chi connectivity index (χ2n) is 4.12. The number of hydrogen-bond donors (Lipinski definition) is 2. The van der Waals surface area contributed by atoms with E-state index in [1.54, 1.807) is 17.1 Å². The van der Waals surface area contributed by atoms with Gasteiger partial charge in [0.25, 0.3) is 0 Å². The molecule has 7 heteroatoms. The van der Waals surface area contributed by atoms with Gasteiger partial charge in [-0.3, -0.25) is 4.68 Å². The minimum atomic E-state index is 0.504. The van der Waals surface area contributed by atoms with Crippen LogP contribution in [-0.2, 0) is 13.6 Å². The van der Waals surface area contributed by atoms with Crippen LogP contribution in [0.25, 0.3) is 0 Å². The Labute approximate surface area is 117 Å². The Morgan fingerprint density at radius 2 is 2.21 bits per heavy atom. The van der Waals surface area contributed by atoms with E-state index < -0.39 is 0 Å². The van der Waals surface area contributed by atoms with Crippen LogP contribution in [0.4, 0.5) is 11.8 Å². The number of hydrogen-bond acceptors (Lipinski definition) is 5. The predicted molar refractivity (Wildman–Crippen MR) is 76.4 cm³/mol. The molecule has 0 aromatic carbocycles. The van der Waals surface area contributed by atoms with Crippen LogP contribution in [-0.4, -0.2) is 26.3 Å². The summed E-state index contributed by atoms with van der Waals surface area (Å²) in [6.45, 7) is 3.54. The van der Waals surface area contributed by atoms with Gasteiger partial charge in [-0.15, -0.1) is 0 Å². The summed E-state index contributed by atoms with van der Waals surface area (Å²) in [4.78, 5) is 8.47. The van der Waals surface area contributed by atoms with E-state index >= 15 is 0 Å². The second kappa shape index (κ2) is 6.38. The molecule has 2 aromatic rings. The smallest absolute Gasteiger partial charge is 0.224 e. The normalized spacial score (nSPS) is 10.5. The van der Waals surface area contributed by atoms with Crippen molar-refractivity contribution in [2.45, 2.75) is 19.9 Å². The van der Waals surface area contributed by atoms with Crippen LogP contribution in [0.2, 0.25) is 5.02 Å². The number of aromatic nitrogens is 4. The average molecular weight is 281 g/mol. The van der Waals surface area contributed by atoms with Crippen LogP contribution >= 0.6 is 11.6 Å². The summed E-state index contributed by atoms with van der Waals surface area (Å²) in [6.07, 6.45) is 4.37. The van der Waals surface area contributed by atoms with Gasteiger partial charge in [0.05, 0.1) is 18.4 Å². The number of nitrogens with zero attached hydrogens (tertiary/aromatic N) is 4. The third kappa shape index (κ3) is 3.57. The Morgan fingerprint density at radius 3 is 2.89 bits per heavy atom. The van der Waals surface area contributed by atoms with Gasteiger partial charge >= 0.3 is 0 Å². The molecule has 0 spiro atoms. The van der Waals surface area contributed by atoms with Gasteiger partial charge in [0.1, 0.15) is 5.02 Å². The van der Waals surface area contributed by atoms with E-state index in [4.69, 9.17) is 11.6 Å². The Kier molecular flexibility index (Phi) is 4.57. The molecule has 19 heavy (non-hydrogen) atoms. The van der Waals surface area contributed by atoms with Gasteiger partial charge in [-0.25, -0.2) is 4.98 Å². The first kappa shape index (κ1) is 13.6. The van der Waals surface area contributed by atoms with Crippen LogP contribution in [0.15, 0.2) is 18.5 Å². The number of halogens is 1. The molecule has 0 aliphatic heterocycles. The van der Waals surface area contributed by atoms with Crippen molar-refractivity contribution in [3.8, 4) is 0 Å². The van der Waals surface area contributed by atoms with Gasteiger partial charge in [-0.2, -0.15) is 10.1 Å². The highest BCUT2D eigenvalue weighted by atomic mass is 35.5. The summed E-state index contributed by atoms with van der Waals surface area (Å²) in [5.74, 6) is 1.20. The third-order valence-electron chi connectivity index (χ3n) is 2.64. The zero-order valence-electron chi connectivity index (χ0n) is 11.0. The highest BCUT2D eigenvalue weighted by Gasteiger charge is 2.06. The molecule has 2 aromatic heterocycles. The molecule has 102 valence electrons. The summed E-state index contributed by atoms with van der Waals surface area (Å²) in [5, 5.41) is 10.9. The molecule has 0 saturated heterocycles. The number of anilines is 2. The van der Waals surface area contributed by atoms with Crippen molar-refractivity contribution < 1.29 is 0 Å². The van der Waals surface area contributed by atoms with E-state index in [9.17, 15) is 0 Å². The molecular formula is C12H17ClN6. The van der Waals surface area contributed by atoms with E-state index in [0.29, 0.717) is 23.3 Å². The number of aryl methyl sites for hydroxylation is 1. The fourth-order valence-corrected chi connectivity index (χ4v) is 1.72. The fraction of sp³-hybridized carbons (Fsp3) is 0.417. The summed E-state index contributed by atoms with van der Waals surface area (Å²) in [5.41, 5.74) is 1.05. The SMILES string of the molecule is CCCNc1ncc(Cl)c(NCc2ccnn2C)n1. The van der Waals surface area contributed by atoms with Gasteiger partial charge in [0.15, 0.2) is 5.82 Å². The van der Waals surface area contributed by atoms with E-state index in [2.05, 4.69) is 32.6 Å². The average Bonchev–Trinajstić information content (AvgIpc) is 2.82. The van der Waals surface area contributed by atoms with Crippen molar-refractivity contribution in [2.75, 3.05) is 17.2 Å². The molecule has 2 N–H and O–H groups in total. The Morgan fingerprint density at radius 1 is 1.37 bits per heavy atom. The van der Waals surface area contributed by atoms with Gasteiger partial charge in [-0.05, 0) is 12.5 Å².